The highest BCUT2D eigenvalue weighted by molar-refractivity contribution is 9.13. The lowest BCUT2D eigenvalue weighted by Gasteiger charge is -1.78. The molecule has 0 N–H and O–H groups in total. The fourth-order valence-corrected chi connectivity index (χ4v) is 3.06. The molecule has 0 aromatic carbocycles. The summed E-state index contributed by atoms with van der Waals surface area (Å²) in [6.07, 6.45) is 2.01. The Morgan fingerprint density at radius 3 is 2.44 bits per heavy atom. The molecule has 5 heteroatoms. The van der Waals surface area contributed by atoms with Crippen molar-refractivity contribution in [3.05, 3.63) is 8.39 Å². The molecule has 0 spiro atoms. The van der Waals surface area contributed by atoms with Crippen molar-refractivity contribution in [1.29, 1.82) is 0 Å². The van der Waals surface area contributed by atoms with E-state index >= 15 is 0 Å². The molecule has 1 rings (SSSR count). The van der Waals surface area contributed by atoms with E-state index in [9.17, 15) is 0 Å². The Bertz CT molecular complexity index is 191. The van der Waals surface area contributed by atoms with Crippen molar-refractivity contribution in [3.63, 3.8) is 0 Å². The second-order valence-corrected chi connectivity index (χ2v) is 5.37. The highest BCUT2D eigenvalue weighted by Crippen LogP contribution is 2.33. The molecule has 1 aromatic rings. The van der Waals surface area contributed by atoms with Crippen LogP contribution in [0.1, 0.15) is 0 Å². The van der Waals surface area contributed by atoms with E-state index in [1.54, 1.807) is 23.1 Å². The Hall–Kier alpha value is 0.940. The summed E-state index contributed by atoms with van der Waals surface area (Å²) >= 11 is 9.94. The molecule has 50 valence electrons. The van der Waals surface area contributed by atoms with E-state index < -0.39 is 0 Å². The minimum absolute atomic E-state index is 0.900. The van der Waals surface area contributed by atoms with Gasteiger partial charge in [0.1, 0.15) is 8.39 Å². The summed E-state index contributed by atoms with van der Waals surface area (Å²) in [5.74, 6) is 0. The number of hydrogen-bond donors (Lipinski definition) is 0. The summed E-state index contributed by atoms with van der Waals surface area (Å²) in [5, 5.41) is 0. The second kappa shape index (κ2) is 3.37. The van der Waals surface area contributed by atoms with Crippen molar-refractivity contribution in [2.75, 3.05) is 6.26 Å². The molecule has 0 saturated heterocycles. The van der Waals surface area contributed by atoms with Crippen LogP contribution in [0.2, 0.25) is 0 Å². The molecule has 0 bridgehead atoms. The zero-order valence-corrected chi connectivity index (χ0v) is 9.32. The number of thioether (sulfide) groups is 1. The molecule has 1 nitrogen and oxygen atoms in total. The van der Waals surface area contributed by atoms with Crippen LogP contribution in [0, 0.1) is 0 Å². The van der Waals surface area contributed by atoms with Gasteiger partial charge in [-0.2, -0.15) is 0 Å². The van der Waals surface area contributed by atoms with Crippen molar-refractivity contribution >= 4 is 55.0 Å². The van der Waals surface area contributed by atoms with E-state index in [1.165, 1.54) is 0 Å². The van der Waals surface area contributed by atoms with Crippen LogP contribution in [0.15, 0.2) is 12.7 Å². The van der Waals surface area contributed by atoms with E-state index in [-0.39, 0.29) is 0 Å². The highest BCUT2D eigenvalue weighted by Gasteiger charge is 2.02. The van der Waals surface area contributed by atoms with Gasteiger partial charge in [-0.15, -0.1) is 0 Å². The summed E-state index contributed by atoms with van der Waals surface area (Å²) < 4.78 is 3.04. The molecule has 0 aliphatic rings. The Morgan fingerprint density at radius 1 is 1.56 bits per heavy atom. The van der Waals surface area contributed by atoms with Gasteiger partial charge in [0.15, 0.2) is 4.34 Å². The number of aromatic nitrogens is 1. The SMILES string of the molecule is CSc1nc(Br)c(Br)s1. The maximum Gasteiger partial charge on any atom is 0.152 e. The first-order valence-electron chi connectivity index (χ1n) is 2.10. The van der Waals surface area contributed by atoms with E-state index in [2.05, 4.69) is 36.8 Å². The summed E-state index contributed by atoms with van der Waals surface area (Å²) in [7, 11) is 0. The van der Waals surface area contributed by atoms with Gasteiger partial charge in [-0.05, 0) is 38.1 Å². The third-order valence-corrected chi connectivity index (χ3v) is 4.76. The molecular weight excluding hydrogens is 286 g/mol. The summed E-state index contributed by atoms with van der Waals surface area (Å²) in [6, 6.07) is 0. The smallest absolute Gasteiger partial charge is 0.152 e. The summed E-state index contributed by atoms with van der Waals surface area (Å²) in [4.78, 5) is 4.18. The molecule has 0 atom stereocenters. The van der Waals surface area contributed by atoms with Crippen LogP contribution in [-0.4, -0.2) is 11.2 Å². The summed E-state index contributed by atoms with van der Waals surface area (Å²) in [6.45, 7) is 0. The standard InChI is InChI=1S/C4H3Br2NS2/c1-8-4-7-2(5)3(6)9-4/h1H3. The molecule has 1 heterocycles. The minimum atomic E-state index is 0.900. The molecule has 0 saturated carbocycles. The maximum absolute atomic E-state index is 4.18. The maximum atomic E-state index is 4.18. The number of rotatable bonds is 1. The van der Waals surface area contributed by atoms with Gasteiger partial charge in [0.2, 0.25) is 0 Å². The lowest BCUT2D eigenvalue weighted by atomic mass is 11.0. The van der Waals surface area contributed by atoms with Gasteiger partial charge in [-0.1, -0.05) is 23.1 Å². The van der Waals surface area contributed by atoms with Crippen molar-refractivity contribution < 1.29 is 0 Å². The van der Waals surface area contributed by atoms with Gasteiger partial charge in [-0.3, -0.25) is 0 Å². The normalized spacial score (nSPS) is 10.1. The first-order valence-corrected chi connectivity index (χ1v) is 5.72. The number of thiazole rings is 1. The van der Waals surface area contributed by atoms with Gasteiger partial charge in [0, 0.05) is 0 Å². The highest BCUT2D eigenvalue weighted by atomic mass is 79.9. The Balaban J connectivity index is 2.98. The van der Waals surface area contributed by atoms with Crippen LogP contribution in [-0.2, 0) is 0 Å². The monoisotopic (exact) mass is 287 g/mol. The van der Waals surface area contributed by atoms with Crippen LogP contribution in [0.25, 0.3) is 0 Å². The van der Waals surface area contributed by atoms with Gasteiger partial charge in [-0.25, -0.2) is 4.98 Å². The largest absolute Gasteiger partial charge is 0.222 e. The Morgan fingerprint density at radius 2 is 2.22 bits per heavy atom. The van der Waals surface area contributed by atoms with Gasteiger partial charge in [0.05, 0.1) is 0 Å². The lowest BCUT2D eigenvalue weighted by molar-refractivity contribution is 1.21. The van der Waals surface area contributed by atoms with Crippen molar-refractivity contribution in [2.24, 2.45) is 0 Å². The molecule has 0 aliphatic heterocycles. The number of nitrogens with zero attached hydrogens (tertiary/aromatic N) is 1. The first kappa shape index (κ1) is 8.04. The Labute approximate surface area is 78.5 Å². The number of hydrogen-bond acceptors (Lipinski definition) is 3. The minimum Gasteiger partial charge on any atom is -0.222 e. The van der Waals surface area contributed by atoms with Gasteiger partial charge < -0.3 is 0 Å². The van der Waals surface area contributed by atoms with Crippen LogP contribution in [0.5, 0.6) is 0 Å². The summed E-state index contributed by atoms with van der Waals surface area (Å²) in [5.41, 5.74) is 0. The van der Waals surface area contributed by atoms with Crippen molar-refractivity contribution in [3.8, 4) is 0 Å². The molecule has 1 aromatic heterocycles. The fraction of sp³-hybridized carbons (Fsp3) is 0.250. The third-order valence-electron chi connectivity index (χ3n) is 0.703. The average molecular weight is 289 g/mol. The topological polar surface area (TPSA) is 12.9 Å². The average Bonchev–Trinajstić information content (AvgIpc) is 2.13. The first-order chi connectivity index (χ1) is 4.24. The van der Waals surface area contributed by atoms with Crippen LogP contribution >= 0.6 is 55.0 Å². The Kier molecular flexibility index (Phi) is 3.01. The molecule has 0 aliphatic carbocycles. The second-order valence-electron chi connectivity index (χ2n) is 1.25. The molecule has 0 radical (unpaired) electrons. The zero-order valence-electron chi connectivity index (χ0n) is 4.52. The lowest BCUT2D eigenvalue weighted by Crippen LogP contribution is -1.62. The predicted octanol–water partition coefficient (Wildman–Crippen LogP) is 3.39. The molecule has 0 amide bonds. The molecule has 9 heavy (non-hydrogen) atoms. The van der Waals surface area contributed by atoms with Crippen molar-refractivity contribution in [1.82, 2.24) is 4.98 Å². The van der Waals surface area contributed by atoms with Gasteiger partial charge in [0.25, 0.3) is 0 Å². The van der Waals surface area contributed by atoms with Crippen LogP contribution in [0.3, 0.4) is 0 Å². The molecular formula is C4H3Br2NS2. The van der Waals surface area contributed by atoms with Crippen LogP contribution in [0.4, 0.5) is 0 Å². The predicted molar refractivity (Wildman–Crippen MR) is 49.3 cm³/mol. The van der Waals surface area contributed by atoms with E-state index in [0.717, 1.165) is 12.7 Å². The molecule has 0 unspecified atom stereocenters. The quantitative estimate of drug-likeness (QED) is 0.735. The molecule has 0 fully saturated rings. The number of halogens is 2. The zero-order chi connectivity index (χ0) is 6.85. The van der Waals surface area contributed by atoms with Gasteiger partial charge >= 0.3 is 0 Å². The van der Waals surface area contributed by atoms with Crippen molar-refractivity contribution in [2.45, 2.75) is 4.34 Å². The third kappa shape index (κ3) is 1.93. The van der Waals surface area contributed by atoms with E-state index in [1.807, 2.05) is 6.26 Å². The van der Waals surface area contributed by atoms with E-state index in [0.29, 0.717) is 0 Å². The van der Waals surface area contributed by atoms with Crippen LogP contribution < -0.4 is 0 Å². The van der Waals surface area contributed by atoms with E-state index in [4.69, 9.17) is 0 Å². The fourth-order valence-electron chi connectivity index (χ4n) is 0.353.